The van der Waals surface area contributed by atoms with Gasteiger partial charge in [-0.25, -0.2) is 0 Å². The number of aromatic nitrogens is 1. The summed E-state index contributed by atoms with van der Waals surface area (Å²) in [5.41, 5.74) is 0.0704. The van der Waals surface area contributed by atoms with Crippen molar-refractivity contribution in [2.75, 3.05) is 6.61 Å². The number of hydrogen-bond donors (Lipinski definition) is 3. The Kier molecular flexibility index (Phi) is 6.11. The minimum absolute atomic E-state index is 0. The second-order valence-electron chi connectivity index (χ2n) is 4.67. The summed E-state index contributed by atoms with van der Waals surface area (Å²) in [6.45, 7) is -0.250. The zero-order valence-corrected chi connectivity index (χ0v) is 12.7. The SMILES string of the molecule is Cl.O=c1c(Cc2ccc([N+](=O)[O-])cc2)cn(CCO)c(O)c1O. The van der Waals surface area contributed by atoms with Crippen molar-refractivity contribution in [3.05, 3.63) is 61.9 Å². The third-order valence-electron chi connectivity index (χ3n) is 3.18. The Hall–Kier alpha value is -2.58. The quantitative estimate of drug-likeness (QED) is 0.553. The van der Waals surface area contributed by atoms with E-state index in [4.69, 9.17) is 5.11 Å². The number of aromatic hydroxyl groups is 2. The molecule has 3 N–H and O–H groups in total. The van der Waals surface area contributed by atoms with Gasteiger partial charge in [-0.3, -0.25) is 14.9 Å². The van der Waals surface area contributed by atoms with Crippen LogP contribution in [0, 0.1) is 10.1 Å². The van der Waals surface area contributed by atoms with Gasteiger partial charge in [-0.2, -0.15) is 0 Å². The molecule has 0 aliphatic carbocycles. The van der Waals surface area contributed by atoms with Gasteiger partial charge in [0, 0.05) is 36.9 Å². The van der Waals surface area contributed by atoms with Gasteiger partial charge in [-0.1, -0.05) is 12.1 Å². The van der Waals surface area contributed by atoms with Crippen LogP contribution in [0.2, 0.25) is 0 Å². The number of rotatable bonds is 5. The molecule has 0 aliphatic heterocycles. The lowest BCUT2D eigenvalue weighted by atomic mass is 10.1. The van der Waals surface area contributed by atoms with Crippen LogP contribution in [-0.2, 0) is 13.0 Å². The van der Waals surface area contributed by atoms with Crippen molar-refractivity contribution in [3.8, 4) is 11.6 Å². The number of non-ortho nitro benzene ring substituents is 1. The lowest BCUT2D eigenvalue weighted by Crippen LogP contribution is -2.15. The van der Waals surface area contributed by atoms with Gasteiger partial charge < -0.3 is 19.9 Å². The van der Waals surface area contributed by atoms with E-state index in [0.717, 1.165) is 4.57 Å². The number of pyridine rings is 1. The monoisotopic (exact) mass is 342 g/mol. The van der Waals surface area contributed by atoms with Crippen LogP contribution >= 0.6 is 12.4 Å². The summed E-state index contributed by atoms with van der Waals surface area (Å²) in [5.74, 6) is -1.39. The Morgan fingerprint density at radius 3 is 2.30 bits per heavy atom. The van der Waals surface area contributed by atoms with Crippen LogP contribution in [0.4, 0.5) is 5.69 Å². The first-order chi connectivity index (χ1) is 10.4. The van der Waals surface area contributed by atoms with Crippen molar-refractivity contribution in [2.45, 2.75) is 13.0 Å². The van der Waals surface area contributed by atoms with Crippen LogP contribution in [-0.4, -0.2) is 31.4 Å². The lowest BCUT2D eigenvalue weighted by molar-refractivity contribution is -0.384. The minimum atomic E-state index is -0.784. The largest absolute Gasteiger partial charge is 0.500 e. The third-order valence-corrected chi connectivity index (χ3v) is 3.18. The molecule has 23 heavy (non-hydrogen) atoms. The van der Waals surface area contributed by atoms with E-state index in [1.54, 1.807) is 0 Å². The maximum Gasteiger partial charge on any atom is 0.269 e. The molecule has 1 aromatic heterocycles. The fourth-order valence-corrected chi connectivity index (χ4v) is 2.06. The Morgan fingerprint density at radius 1 is 1.17 bits per heavy atom. The number of aliphatic hydroxyl groups excluding tert-OH is 1. The molecule has 9 heteroatoms. The molecule has 0 fully saturated rings. The average molecular weight is 343 g/mol. The predicted octanol–water partition coefficient (Wildman–Crippen LogP) is 1.17. The number of benzene rings is 1. The molecule has 0 radical (unpaired) electrons. The van der Waals surface area contributed by atoms with Crippen molar-refractivity contribution in [1.82, 2.24) is 4.57 Å². The molecular formula is C14H15ClN2O6. The average Bonchev–Trinajstić information content (AvgIpc) is 2.50. The van der Waals surface area contributed by atoms with Gasteiger partial charge >= 0.3 is 0 Å². The van der Waals surface area contributed by atoms with Gasteiger partial charge in [0.2, 0.25) is 17.1 Å². The first kappa shape index (κ1) is 18.5. The molecule has 0 atom stereocenters. The van der Waals surface area contributed by atoms with Crippen molar-refractivity contribution in [3.63, 3.8) is 0 Å². The second-order valence-corrected chi connectivity index (χ2v) is 4.67. The number of nitro benzene ring substituents is 1. The summed E-state index contributed by atoms with van der Waals surface area (Å²) in [4.78, 5) is 22.0. The van der Waals surface area contributed by atoms with E-state index in [-0.39, 0.29) is 43.2 Å². The van der Waals surface area contributed by atoms with Crippen LogP contribution < -0.4 is 5.43 Å². The van der Waals surface area contributed by atoms with E-state index < -0.39 is 22.0 Å². The number of halogens is 1. The van der Waals surface area contributed by atoms with E-state index in [0.29, 0.717) is 5.56 Å². The Balaban J connectivity index is 0.00000264. The van der Waals surface area contributed by atoms with E-state index >= 15 is 0 Å². The van der Waals surface area contributed by atoms with Crippen molar-refractivity contribution in [1.29, 1.82) is 0 Å². The van der Waals surface area contributed by atoms with Crippen LogP contribution in [0.1, 0.15) is 11.1 Å². The van der Waals surface area contributed by atoms with Crippen LogP contribution in [0.3, 0.4) is 0 Å². The highest BCUT2D eigenvalue weighted by atomic mass is 35.5. The summed E-state index contributed by atoms with van der Waals surface area (Å²) >= 11 is 0. The number of nitrogens with zero attached hydrogens (tertiary/aromatic N) is 2. The number of hydrogen-bond acceptors (Lipinski definition) is 6. The first-order valence-corrected chi connectivity index (χ1v) is 6.42. The summed E-state index contributed by atoms with van der Waals surface area (Å²) in [5, 5.41) is 38.8. The van der Waals surface area contributed by atoms with Gasteiger partial charge in [-0.05, 0) is 5.56 Å². The highest BCUT2D eigenvalue weighted by Crippen LogP contribution is 2.22. The maximum atomic E-state index is 11.9. The standard InChI is InChI=1S/C14H14N2O6.ClH/c17-6-5-15-8-10(12(18)13(19)14(15)20)7-9-1-3-11(4-2-9)16(21)22;/h1-4,8,17,19-20H,5-7H2;1H. The zero-order chi connectivity index (χ0) is 16.3. The topological polar surface area (TPSA) is 126 Å². The highest BCUT2D eigenvalue weighted by Gasteiger charge is 2.14. The van der Waals surface area contributed by atoms with Crippen molar-refractivity contribution < 1.29 is 20.2 Å². The van der Waals surface area contributed by atoms with Gasteiger partial charge in [0.25, 0.3) is 5.69 Å². The molecule has 1 heterocycles. The lowest BCUT2D eigenvalue weighted by Gasteiger charge is -2.11. The highest BCUT2D eigenvalue weighted by molar-refractivity contribution is 5.85. The first-order valence-electron chi connectivity index (χ1n) is 6.42. The molecule has 0 saturated heterocycles. The van der Waals surface area contributed by atoms with Gasteiger partial charge in [0.1, 0.15) is 0 Å². The molecule has 2 rings (SSSR count). The summed E-state index contributed by atoms with van der Waals surface area (Å²) < 4.78 is 1.16. The molecule has 0 amide bonds. The second kappa shape index (κ2) is 7.61. The van der Waals surface area contributed by atoms with E-state index in [1.165, 1.54) is 30.5 Å². The minimum Gasteiger partial charge on any atom is -0.500 e. The van der Waals surface area contributed by atoms with Gasteiger partial charge in [-0.15, -0.1) is 12.4 Å². The molecule has 0 aliphatic rings. The predicted molar refractivity (Wildman–Crippen MR) is 84.3 cm³/mol. The zero-order valence-electron chi connectivity index (χ0n) is 11.9. The van der Waals surface area contributed by atoms with E-state index in [9.17, 15) is 25.1 Å². The number of nitro groups is 1. The number of aliphatic hydroxyl groups is 1. The Bertz CT molecular complexity index is 757. The van der Waals surface area contributed by atoms with Gasteiger partial charge in [0.05, 0.1) is 11.5 Å². The third kappa shape index (κ3) is 3.99. The summed E-state index contributed by atoms with van der Waals surface area (Å²) in [7, 11) is 0. The molecule has 0 unspecified atom stereocenters. The van der Waals surface area contributed by atoms with Crippen LogP contribution in [0.15, 0.2) is 35.3 Å². The molecular weight excluding hydrogens is 328 g/mol. The molecule has 124 valence electrons. The Labute approximate surface area is 136 Å². The van der Waals surface area contributed by atoms with Gasteiger partial charge in [0.15, 0.2) is 0 Å². The Morgan fingerprint density at radius 2 is 1.78 bits per heavy atom. The fraction of sp³-hybridized carbons (Fsp3) is 0.214. The molecule has 0 saturated carbocycles. The molecule has 1 aromatic carbocycles. The molecule has 0 spiro atoms. The molecule has 8 nitrogen and oxygen atoms in total. The van der Waals surface area contributed by atoms with Crippen LogP contribution in [0.25, 0.3) is 0 Å². The molecule has 2 aromatic rings. The van der Waals surface area contributed by atoms with E-state index in [1.807, 2.05) is 0 Å². The molecule has 0 bridgehead atoms. The van der Waals surface area contributed by atoms with Crippen LogP contribution in [0.5, 0.6) is 11.6 Å². The summed E-state index contributed by atoms with van der Waals surface area (Å²) in [6, 6.07) is 5.67. The maximum absolute atomic E-state index is 11.9. The normalized spacial score (nSPS) is 10.1. The van der Waals surface area contributed by atoms with E-state index in [2.05, 4.69) is 0 Å². The van der Waals surface area contributed by atoms with Crippen molar-refractivity contribution in [2.24, 2.45) is 0 Å². The summed E-state index contributed by atoms with van der Waals surface area (Å²) in [6.07, 6.45) is 1.48. The smallest absolute Gasteiger partial charge is 0.269 e. The van der Waals surface area contributed by atoms with Crippen molar-refractivity contribution >= 4 is 18.1 Å². The fourth-order valence-electron chi connectivity index (χ4n) is 2.06.